The number of nitrogens with zero attached hydrogens (tertiary/aromatic N) is 1. The monoisotopic (exact) mass is 375 g/mol. The van der Waals surface area contributed by atoms with Gasteiger partial charge in [0.1, 0.15) is 5.75 Å². The maximum atomic E-state index is 12.0. The first kappa shape index (κ1) is 17.2. The number of aromatic hydroxyl groups is 1. The minimum Gasteiger partial charge on any atom is -0.507 e. The molecular weight excluding hydrogens is 354 g/mol. The molecule has 0 unspecified atom stereocenters. The Hall–Kier alpha value is -2.25. The SMILES string of the molecule is O=S1(=O)CC[C@@H](N(Cc2ccccc2)Cc2cc3c(cc2O)OCO3)C1. The summed E-state index contributed by atoms with van der Waals surface area (Å²) in [5, 5.41) is 10.4. The molecule has 2 aliphatic rings. The molecular formula is C19H21NO5S. The van der Waals surface area contributed by atoms with Crippen LogP contribution in [0.4, 0.5) is 0 Å². The highest BCUT2D eigenvalue weighted by Crippen LogP contribution is 2.38. The number of hydrogen-bond donors (Lipinski definition) is 1. The highest BCUT2D eigenvalue weighted by Gasteiger charge is 2.33. The number of hydrogen-bond acceptors (Lipinski definition) is 6. The lowest BCUT2D eigenvalue weighted by Gasteiger charge is -2.28. The van der Waals surface area contributed by atoms with Gasteiger partial charge in [0.15, 0.2) is 21.3 Å². The Morgan fingerprint density at radius 3 is 2.50 bits per heavy atom. The third-order valence-corrected chi connectivity index (χ3v) is 6.65. The van der Waals surface area contributed by atoms with Crippen LogP contribution in [-0.2, 0) is 22.9 Å². The molecule has 2 aliphatic heterocycles. The fraction of sp³-hybridized carbons (Fsp3) is 0.368. The zero-order valence-corrected chi connectivity index (χ0v) is 15.1. The molecule has 26 heavy (non-hydrogen) atoms. The Balaban J connectivity index is 1.61. The van der Waals surface area contributed by atoms with E-state index < -0.39 is 9.84 Å². The number of ether oxygens (including phenoxy) is 2. The summed E-state index contributed by atoms with van der Waals surface area (Å²) in [4.78, 5) is 2.12. The first-order chi connectivity index (χ1) is 12.5. The van der Waals surface area contributed by atoms with Crippen LogP contribution in [0.3, 0.4) is 0 Å². The van der Waals surface area contributed by atoms with Crippen LogP contribution in [0.15, 0.2) is 42.5 Å². The highest BCUT2D eigenvalue weighted by molar-refractivity contribution is 7.91. The standard InChI is InChI=1S/C19H21NO5S/c21-17-9-19-18(24-13-25-19)8-15(17)11-20(10-14-4-2-1-3-5-14)16-6-7-26(22,23)12-16/h1-5,8-9,16,21H,6-7,10-13H2/t16-/m1/s1. The minimum absolute atomic E-state index is 0.0648. The molecule has 0 aliphatic carbocycles. The molecule has 2 aromatic carbocycles. The predicted octanol–water partition coefficient (Wildman–Crippen LogP) is 2.31. The van der Waals surface area contributed by atoms with Crippen LogP contribution in [0.1, 0.15) is 17.5 Å². The van der Waals surface area contributed by atoms with Gasteiger partial charge in [-0.25, -0.2) is 8.42 Å². The van der Waals surface area contributed by atoms with Crippen molar-refractivity contribution in [2.45, 2.75) is 25.6 Å². The summed E-state index contributed by atoms with van der Waals surface area (Å²) in [6.07, 6.45) is 0.612. The number of fused-ring (bicyclic) bond motifs is 1. The fourth-order valence-corrected chi connectivity index (χ4v) is 5.28. The molecule has 0 aromatic heterocycles. The predicted molar refractivity (Wildman–Crippen MR) is 97.0 cm³/mol. The molecule has 2 heterocycles. The quantitative estimate of drug-likeness (QED) is 0.864. The summed E-state index contributed by atoms with van der Waals surface area (Å²) in [7, 11) is -2.99. The fourth-order valence-electron chi connectivity index (χ4n) is 3.51. The van der Waals surface area contributed by atoms with Crippen LogP contribution < -0.4 is 9.47 Å². The van der Waals surface area contributed by atoms with E-state index in [4.69, 9.17) is 9.47 Å². The molecule has 1 atom stereocenters. The summed E-state index contributed by atoms with van der Waals surface area (Å²) >= 11 is 0. The van der Waals surface area contributed by atoms with Crippen molar-refractivity contribution in [1.29, 1.82) is 0 Å². The summed E-state index contributed by atoms with van der Waals surface area (Å²) in [6, 6.07) is 13.2. The number of benzene rings is 2. The van der Waals surface area contributed by atoms with Gasteiger partial charge in [0, 0.05) is 30.8 Å². The van der Waals surface area contributed by atoms with Gasteiger partial charge >= 0.3 is 0 Å². The third kappa shape index (κ3) is 3.64. The molecule has 6 nitrogen and oxygen atoms in total. The van der Waals surface area contributed by atoms with Gasteiger partial charge in [-0.2, -0.15) is 0 Å². The van der Waals surface area contributed by atoms with Gasteiger partial charge in [0.05, 0.1) is 11.5 Å². The van der Waals surface area contributed by atoms with Gasteiger partial charge in [0.25, 0.3) is 0 Å². The minimum atomic E-state index is -2.99. The maximum Gasteiger partial charge on any atom is 0.231 e. The van der Waals surface area contributed by atoms with Crippen LogP contribution in [0.5, 0.6) is 17.2 Å². The second kappa shape index (κ2) is 6.81. The molecule has 1 saturated heterocycles. The molecule has 7 heteroatoms. The smallest absolute Gasteiger partial charge is 0.231 e. The molecule has 0 amide bonds. The lowest BCUT2D eigenvalue weighted by Crippen LogP contribution is -2.35. The Bertz CT molecular complexity index is 898. The van der Waals surface area contributed by atoms with Crippen LogP contribution >= 0.6 is 0 Å². The summed E-state index contributed by atoms with van der Waals surface area (Å²) < 4.78 is 34.6. The summed E-state index contributed by atoms with van der Waals surface area (Å²) in [5.74, 6) is 1.65. The van der Waals surface area contributed by atoms with Crippen LogP contribution in [0.2, 0.25) is 0 Å². The molecule has 1 N–H and O–H groups in total. The lowest BCUT2D eigenvalue weighted by atomic mass is 10.1. The number of rotatable bonds is 5. The summed E-state index contributed by atoms with van der Waals surface area (Å²) in [6.45, 7) is 1.21. The van der Waals surface area contributed by atoms with E-state index in [2.05, 4.69) is 4.90 Å². The van der Waals surface area contributed by atoms with E-state index in [0.717, 1.165) is 5.56 Å². The average Bonchev–Trinajstić information content (AvgIpc) is 3.21. The highest BCUT2D eigenvalue weighted by atomic mass is 32.2. The van der Waals surface area contributed by atoms with Crippen molar-refractivity contribution in [2.24, 2.45) is 0 Å². The van der Waals surface area contributed by atoms with Crippen molar-refractivity contribution < 1.29 is 23.0 Å². The normalized spacial score (nSPS) is 20.6. The molecule has 4 rings (SSSR count). The van der Waals surface area contributed by atoms with Crippen LogP contribution in [0.25, 0.3) is 0 Å². The Labute approximate surface area is 152 Å². The topological polar surface area (TPSA) is 76.1 Å². The number of phenolic OH excluding ortho intramolecular Hbond substituents is 1. The number of phenols is 1. The molecule has 138 valence electrons. The first-order valence-corrected chi connectivity index (χ1v) is 10.4. The van der Waals surface area contributed by atoms with Crippen molar-refractivity contribution in [1.82, 2.24) is 4.90 Å². The molecule has 0 radical (unpaired) electrons. The molecule has 0 bridgehead atoms. The van der Waals surface area contributed by atoms with Gasteiger partial charge in [-0.1, -0.05) is 30.3 Å². The lowest BCUT2D eigenvalue weighted by molar-refractivity contribution is 0.173. The van der Waals surface area contributed by atoms with Gasteiger partial charge in [0.2, 0.25) is 6.79 Å². The largest absolute Gasteiger partial charge is 0.507 e. The third-order valence-electron chi connectivity index (χ3n) is 4.90. The maximum absolute atomic E-state index is 12.0. The van der Waals surface area contributed by atoms with Crippen molar-refractivity contribution in [3.05, 3.63) is 53.6 Å². The summed E-state index contributed by atoms with van der Waals surface area (Å²) in [5.41, 5.74) is 1.81. The van der Waals surface area contributed by atoms with Crippen LogP contribution in [-0.4, -0.2) is 42.8 Å². The Morgan fingerprint density at radius 1 is 1.08 bits per heavy atom. The van der Waals surface area contributed by atoms with Crippen molar-refractivity contribution in [3.8, 4) is 17.2 Å². The zero-order chi connectivity index (χ0) is 18.1. The van der Waals surface area contributed by atoms with Crippen LogP contribution in [0, 0.1) is 0 Å². The van der Waals surface area contributed by atoms with Gasteiger partial charge in [-0.15, -0.1) is 0 Å². The van der Waals surface area contributed by atoms with Gasteiger partial charge in [-0.3, -0.25) is 4.90 Å². The van der Waals surface area contributed by atoms with E-state index in [-0.39, 0.29) is 30.1 Å². The van der Waals surface area contributed by atoms with E-state index in [9.17, 15) is 13.5 Å². The Kier molecular flexibility index (Phi) is 4.50. The van der Waals surface area contributed by atoms with Crippen molar-refractivity contribution in [2.75, 3.05) is 18.3 Å². The van der Waals surface area contributed by atoms with Gasteiger partial charge in [-0.05, 0) is 18.1 Å². The van der Waals surface area contributed by atoms with E-state index in [1.54, 1.807) is 12.1 Å². The zero-order valence-electron chi connectivity index (χ0n) is 14.3. The van der Waals surface area contributed by atoms with E-state index in [1.807, 2.05) is 30.3 Å². The molecule has 0 saturated carbocycles. The van der Waals surface area contributed by atoms with E-state index in [0.29, 0.717) is 36.6 Å². The second-order valence-electron chi connectivity index (χ2n) is 6.78. The second-order valence-corrected chi connectivity index (χ2v) is 9.01. The first-order valence-electron chi connectivity index (χ1n) is 8.60. The van der Waals surface area contributed by atoms with E-state index >= 15 is 0 Å². The average molecular weight is 375 g/mol. The van der Waals surface area contributed by atoms with E-state index in [1.165, 1.54) is 0 Å². The molecule has 0 spiro atoms. The van der Waals surface area contributed by atoms with Gasteiger partial charge < -0.3 is 14.6 Å². The Morgan fingerprint density at radius 2 is 1.81 bits per heavy atom. The van der Waals surface area contributed by atoms with Crippen molar-refractivity contribution >= 4 is 9.84 Å². The molecule has 1 fully saturated rings. The van der Waals surface area contributed by atoms with Crippen molar-refractivity contribution in [3.63, 3.8) is 0 Å². The molecule has 2 aromatic rings. The number of sulfone groups is 1.